The number of aromatic nitrogens is 1. The molecule has 0 saturated carbocycles. The van der Waals surface area contributed by atoms with Gasteiger partial charge in [0.05, 0.1) is 32.0 Å². The highest BCUT2D eigenvalue weighted by molar-refractivity contribution is 9.10. The fraction of sp³-hybridized carbons (Fsp3) is 0.294. The van der Waals surface area contributed by atoms with E-state index in [4.69, 9.17) is 19.9 Å². The van der Waals surface area contributed by atoms with Gasteiger partial charge in [0, 0.05) is 15.4 Å². The van der Waals surface area contributed by atoms with Gasteiger partial charge in [-0.15, -0.1) is 11.3 Å². The van der Waals surface area contributed by atoms with Crippen LogP contribution in [0.1, 0.15) is 18.2 Å². The van der Waals surface area contributed by atoms with Gasteiger partial charge in [0.1, 0.15) is 0 Å². The van der Waals surface area contributed by atoms with Crippen LogP contribution in [0, 0.1) is 0 Å². The Hall–Kier alpha value is -2.66. The number of amides is 1. The fourth-order valence-electron chi connectivity index (χ4n) is 2.03. The largest absolute Gasteiger partial charge is 0.493 e. The number of nitrogens with one attached hydrogen (secondary N) is 1. The van der Waals surface area contributed by atoms with Crippen LogP contribution in [0.3, 0.4) is 0 Å². The van der Waals surface area contributed by atoms with Gasteiger partial charge < -0.3 is 19.9 Å². The summed E-state index contributed by atoms with van der Waals surface area (Å²) in [4.78, 5) is 26.6. The van der Waals surface area contributed by atoms with Crippen LogP contribution in [-0.4, -0.2) is 43.4 Å². The molecule has 1 heterocycles. The van der Waals surface area contributed by atoms with Gasteiger partial charge in [-0.2, -0.15) is 5.10 Å². The number of esters is 1. The molecule has 0 aliphatic rings. The quantitative estimate of drug-likeness (QED) is 0.310. The zero-order valence-electron chi connectivity index (χ0n) is 15.2. The second-order valence-electron chi connectivity index (χ2n) is 5.28. The lowest BCUT2D eigenvalue weighted by atomic mass is 10.2. The number of methoxy groups -OCH3 is 1. The molecule has 0 unspecified atom stereocenters. The first-order valence-corrected chi connectivity index (χ1v) is 9.78. The van der Waals surface area contributed by atoms with Crippen molar-refractivity contribution in [2.24, 2.45) is 10.8 Å². The lowest BCUT2D eigenvalue weighted by Crippen LogP contribution is -2.20. The Morgan fingerprint density at radius 2 is 2.18 bits per heavy atom. The number of carbonyl (C=O) groups excluding carboxylic acids is 2. The highest BCUT2D eigenvalue weighted by atomic mass is 79.9. The first-order chi connectivity index (χ1) is 13.4. The van der Waals surface area contributed by atoms with Gasteiger partial charge in [-0.3, -0.25) is 15.0 Å². The van der Waals surface area contributed by atoms with Crippen LogP contribution in [-0.2, 0) is 20.7 Å². The topological polar surface area (TPSA) is 125 Å². The minimum absolute atomic E-state index is 0.116. The van der Waals surface area contributed by atoms with E-state index in [0.717, 1.165) is 0 Å². The Morgan fingerprint density at radius 1 is 1.39 bits per heavy atom. The van der Waals surface area contributed by atoms with Crippen molar-refractivity contribution in [1.29, 1.82) is 0 Å². The van der Waals surface area contributed by atoms with Crippen LogP contribution in [0.25, 0.3) is 0 Å². The second kappa shape index (κ2) is 10.6. The standard InChI is InChI=1S/C17H19BrN4O5S/c1-3-26-16(24)5-11-9-28-17(21-11)22-20-7-10-4-13(25-2)14(6-12(10)18)27-8-15(19)23/h4,6-7,9H,3,5,8H2,1-2H3,(H2,19,23)(H,21,22). The molecular formula is C17H19BrN4O5S. The molecule has 28 heavy (non-hydrogen) atoms. The third-order valence-electron chi connectivity index (χ3n) is 3.20. The maximum absolute atomic E-state index is 11.5. The van der Waals surface area contributed by atoms with Gasteiger partial charge in [-0.1, -0.05) is 0 Å². The van der Waals surface area contributed by atoms with Crippen molar-refractivity contribution >= 4 is 50.5 Å². The van der Waals surface area contributed by atoms with Gasteiger partial charge >= 0.3 is 5.97 Å². The zero-order chi connectivity index (χ0) is 20.5. The number of rotatable bonds is 10. The molecule has 9 nitrogen and oxygen atoms in total. The van der Waals surface area contributed by atoms with Crippen LogP contribution in [0.4, 0.5) is 5.13 Å². The van der Waals surface area contributed by atoms with Crippen LogP contribution < -0.4 is 20.6 Å². The monoisotopic (exact) mass is 470 g/mol. The molecule has 2 aromatic rings. The molecule has 3 N–H and O–H groups in total. The number of thiazole rings is 1. The van der Waals surface area contributed by atoms with Gasteiger partial charge in [-0.05, 0) is 35.0 Å². The number of ether oxygens (including phenoxy) is 3. The number of benzene rings is 1. The van der Waals surface area contributed by atoms with Crippen LogP contribution in [0.2, 0.25) is 0 Å². The maximum atomic E-state index is 11.5. The van der Waals surface area contributed by atoms with Gasteiger partial charge in [0.2, 0.25) is 5.13 Å². The molecule has 0 spiro atoms. The average molecular weight is 471 g/mol. The first-order valence-electron chi connectivity index (χ1n) is 8.10. The third-order valence-corrected chi connectivity index (χ3v) is 4.68. The van der Waals surface area contributed by atoms with Crippen molar-refractivity contribution in [1.82, 2.24) is 4.98 Å². The number of hydrogen-bond donors (Lipinski definition) is 2. The number of primary amides is 1. The summed E-state index contributed by atoms with van der Waals surface area (Å²) in [6.45, 7) is 1.84. The zero-order valence-corrected chi connectivity index (χ0v) is 17.6. The van der Waals surface area contributed by atoms with Gasteiger partial charge in [-0.25, -0.2) is 4.98 Å². The smallest absolute Gasteiger partial charge is 0.311 e. The Kier molecular flexibility index (Phi) is 8.20. The highest BCUT2D eigenvalue weighted by Crippen LogP contribution is 2.33. The Bertz CT molecular complexity index is 871. The lowest BCUT2D eigenvalue weighted by molar-refractivity contribution is -0.142. The third kappa shape index (κ3) is 6.50. The van der Waals surface area contributed by atoms with Gasteiger partial charge in [0.25, 0.3) is 5.91 Å². The molecule has 2 rings (SSSR count). The molecule has 0 radical (unpaired) electrons. The lowest BCUT2D eigenvalue weighted by Gasteiger charge is -2.11. The number of hydrazone groups is 1. The summed E-state index contributed by atoms with van der Waals surface area (Å²) >= 11 is 4.74. The van der Waals surface area contributed by atoms with Crippen molar-refractivity contribution in [3.63, 3.8) is 0 Å². The van der Waals surface area contributed by atoms with E-state index in [1.165, 1.54) is 18.4 Å². The summed E-state index contributed by atoms with van der Waals surface area (Å²) in [7, 11) is 1.49. The molecule has 1 amide bonds. The molecule has 1 aromatic heterocycles. The molecule has 11 heteroatoms. The Balaban J connectivity index is 2.03. The molecular weight excluding hydrogens is 452 g/mol. The predicted molar refractivity (Wildman–Crippen MR) is 109 cm³/mol. The van der Waals surface area contributed by atoms with Crippen molar-refractivity contribution in [3.8, 4) is 11.5 Å². The van der Waals surface area contributed by atoms with E-state index in [9.17, 15) is 9.59 Å². The SMILES string of the molecule is CCOC(=O)Cc1csc(NN=Cc2cc(OC)c(OCC(N)=O)cc2Br)n1. The number of nitrogens with zero attached hydrogens (tertiary/aromatic N) is 2. The van der Waals surface area contributed by atoms with E-state index in [0.29, 0.717) is 39.0 Å². The van der Waals surface area contributed by atoms with Crippen molar-refractivity contribution in [2.75, 3.05) is 25.7 Å². The fourth-order valence-corrected chi connectivity index (χ4v) is 3.11. The van der Waals surface area contributed by atoms with Crippen LogP contribution in [0.5, 0.6) is 11.5 Å². The number of nitrogens with two attached hydrogens (primary N) is 1. The summed E-state index contributed by atoms with van der Waals surface area (Å²) in [5.41, 5.74) is 9.21. The summed E-state index contributed by atoms with van der Waals surface area (Å²) in [6.07, 6.45) is 1.68. The number of carbonyl (C=O) groups is 2. The van der Waals surface area contributed by atoms with Gasteiger partial charge in [0.15, 0.2) is 18.1 Å². The second-order valence-corrected chi connectivity index (χ2v) is 6.99. The summed E-state index contributed by atoms with van der Waals surface area (Å²) in [5, 5.41) is 6.44. The predicted octanol–water partition coefficient (Wildman–Crippen LogP) is 2.33. The molecule has 0 fully saturated rings. The molecule has 0 atom stereocenters. The van der Waals surface area contributed by atoms with E-state index in [-0.39, 0.29) is 19.0 Å². The molecule has 0 aliphatic carbocycles. The van der Waals surface area contributed by atoms with Crippen molar-refractivity contribution in [3.05, 3.63) is 33.2 Å². The first kappa shape index (κ1) is 21.6. The highest BCUT2D eigenvalue weighted by Gasteiger charge is 2.11. The minimum atomic E-state index is -0.584. The number of halogens is 1. The minimum Gasteiger partial charge on any atom is -0.493 e. The molecule has 0 bridgehead atoms. The Morgan fingerprint density at radius 3 is 2.86 bits per heavy atom. The van der Waals surface area contributed by atoms with Crippen LogP contribution in [0.15, 0.2) is 27.1 Å². The normalized spacial score (nSPS) is 10.7. The summed E-state index contributed by atoms with van der Waals surface area (Å²) in [6, 6.07) is 3.35. The molecule has 1 aromatic carbocycles. The van der Waals surface area contributed by atoms with Crippen LogP contribution >= 0.6 is 27.3 Å². The number of hydrogen-bond acceptors (Lipinski definition) is 9. The molecule has 0 saturated heterocycles. The molecule has 0 aliphatic heterocycles. The van der Waals surface area contributed by atoms with E-state index in [1.807, 2.05) is 0 Å². The average Bonchev–Trinajstić information content (AvgIpc) is 3.08. The summed E-state index contributed by atoms with van der Waals surface area (Å²) < 4.78 is 16.2. The van der Waals surface area contributed by atoms with E-state index >= 15 is 0 Å². The van der Waals surface area contributed by atoms with Crippen molar-refractivity contribution < 1.29 is 23.8 Å². The number of anilines is 1. The van der Waals surface area contributed by atoms with Crippen molar-refractivity contribution in [2.45, 2.75) is 13.3 Å². The van der Waals surface area contributed by atoms with E-state index in [1.54, 1.807) is 30.7 Å². The van der Waals surface area contributed by atoms with E-state index in [2.05, 4.69) is 31.4 Å². The maximum Gasteiger partial charge on any atom is 0.311 e. The Labute approximate surface area is 174 Å². The molecule has 150 valence electrons. The van der Waals surface area contributed by atoms with E-state index < -0.39 is 5.91 Å². The summed E-state index contributed by atoms with van der Waals surface area (Å²) in [5.74, 6) is -0.102.